The zero-order chi connectivity index (χ0) is 20.9. The number of rotatable bonds is 7. The van der Waals surface area contributed by atoms with Crippen LogP contribution in [0.5, 0.6) is 5.75 Å². The second kappa shape index (κ2) is 9.30. The second-order valence-electron chi connectivity index (χ2n) is 7.95. The van der Waals surface area contributed by atoms with Gasteiger partial charge in [0.15, 0.2) is 6.23 Å². The Morgan fingerprint density at radius 1 is 1.20 bits per heavy atom. The van der Waals surface area contributed by atoms with Crippen molar-refractivity contribution in [1.82, 2.24) is 14.7 Å². The Balaban J connectivity index is 1.61. The van der Waals surface area contributed by atoms with Crippen LogP contribution in [0.25, 0.3) is 10.9 Å². The summed E-state index contributed by atoms with van der Waals surface area (Å²) in [6.45, 7) is 1.27. The van der Waals surface area contributed by atoms with Crippen molar-refractivity contribution in [3.63, 3.8) is 0 Å². The van der Waals surface area contributed by atoms with Gasteiger partial charge in [0, 0.05) is 45.0 Å². The molecule has 0 bridgehead atoms. The van der Waals surface area contributed by atoms with Gasteiger partial charge in [0.25, 0.3) is 0 Å². The van der Waals surface area contributed by atoms with E-state index in [1.165, 1.54) is 0 Å². The molecule has 0 saturated carbocycles. The molecule has 30 heavy (non-hydrogen) atoms. The highest BCUT2D eigenvalue weighted by Gasteiger charge is 2.22. The quantitative estimate of drug-likeness (QED) is 0.585. The molecular formula is C24H29N3O3. The fourth-order valence-electron chi connectivity index (χ4n) is 3.78. The van der Waals surface area contributed by atoms with Crippen LogP contribution in [-0.2, 0) is 22.6 Å². The Morgan fingerprint density at radius 2 is 2.03 bits per heavy atom. The van der Waals surface area contributed by atoms with Gasteiger partial charge in [-0.1, -0.05) is 30.3 Å². The average molecular weight is 408 g/mol. The maximum Gasteiger partial charge on any atom is 0.222 e. The van der Waals surface area contributed by atoms with E-state index in [9.17, 15) is 4.79 Å². The maximum absolute atomic E-state index is 12.1. The molecule has 2 aromatic carbocycles. The van der Waals surface area contributed by atoms with Crippen molar-refractivity contribution >= 4 is 16.8 Å². The van der Waals surface area contributed by atoms with Crippen molar-refractivity contribution in [2.45, 2.75) is 44.9 Å². The molecule has 158 valence electrons. The number of carbonyl (C=O) groups is 1. The van der Waals surface area contributed by atoms with Crippen LogP contribution in [0.2, 0.25) is 0 Å². The van der Waals surface area contributed by atoms with E-state index < -0.39 is 0 Å². The lowest BCUT2D eigenvalue weighted by molar-refractivity contribution is -0.128. The minimum atomic E-state index is -0.0658. The summed E-state index contributed by atoms with van der Waals surface area (Å²) in [6, 6.07) is 16.2. The molecular weight excluding hydrogens is 378 g/mol. The highest BCUT2D eigenvalue weighted by Crippen LogP contribution is 2.31. The van der Waals surface area contributed by atoms with Gasteiger partial charge in [-0.3, -0.25) is 4.79 Å². The van der Waals surface area contributed by atoms with Crippen molar-refractivity contribution in [2.24, 2.45) is 0 Å². The SMILES string of the molecule is CN(C)C(=O)CCc1nn(C2CCCCO2)c2cc(OCc3ccccc3)ccc12. The number of hydrogen-bond donors (Lipinski definition) is 0. The number of benzene rings is 2. The Hall–Kier alpha value is -2.86. The van der Waals surface area contributed by atoms with Crippen LogP contribution < -0.4 is 4.74 Å². The highest BCUT2D eigenvalue weighted by molar-refractivity contribution is 5.84. The third-order valence-corrected chi connectivity index (χ3v) is 5.51. The van der Waals surface area contributed by atoms with Gasteiger partial charge in [0.1, 0.15) is 12.4 Å². The van der Waals surface area contributed by atoms with Crippen LogP contribution in [0.15, 0.2) is 48.5 Å². The summed E-state index contributed by atoms with van der Waals surface area (Å²) in [7, 11) is 3.57. The minimum Gasteiger partial charge on any atom is -0.489 e. The largest absolute Gasteiger partial charge is 0.489 e. The molecule has 2 heterocycles. The maximum atomic E-state index is 12.1. The number of carbonyl (C=O) groups excluding carboxylic acids is 1. The number of fused-ring (bicyclic) bond motifs is 1. The van der Waals surface area contributed by atoms with Crippen LogP contribution in [0.4, 0.5) is 0 Å². The number of aromatic nitrogens is 2. The molecule has 1 fully saturated rings. The molecule has 1 atom stereocenters. The lowest BCUT2D eigenvalue weighted by Crippen LogP contribution is -2.22. The van der Waals surface area contributed by atoms with Gasteiger partial charge >= 0.3 is 0 Å². The van der Waals surface area contributed by atoms with Crippen molar-refractivity contribution in [3.8, 4) is 5.75 Å². The first-order chi connectivity index (χ1) is 14.6. The van der Waals surface area contributed by atoms with Gasteiger partial charge in [-0.05, 0) is 37.0 Å². The fourth-order valence-corrected chi connectivity index (χ4v) is 3.78. The molecule has 1 unspecified atom stereocenters. The molecule has 4 rings (SSSR count). The summed E-state index contributed by atoms with van der Waals surface area (Å²) in [4.78, 5) is 13.7. The molecule has 0 N–H and O–H groups in total. The van der Waals surface area contributed by atoms with Crippen molar-refractivity contribution in [3.05, 3.63) is 59.8 Å². The summed E-state index contributed by atoms with van der Waals surface area (Å²) in [5, 5.41) is 5.93. The second-order valence-corrected chi connectivity index (χ2v) is 7.95. The Labute approximate surface area is 177 Å². The monoisotopic (exact) mass is 407 g/mol. The molecule has 1 aliphatic rings. The number of amides is 1. The molecule has 1 aliphatic heterocycles. The summed E-state index contributed by atoms with van der Waals surface area (Å²) < 4.78 is 14.0. The van der Waals surface area contributed by atoms with Gasteiger partial charge in [0.2, 0.25) is 5.91 Å². The van der Waals surface area contributed by atoms with E-state index in [-0.39, 0.29) is 12.1 Å². The van der Waals surface area contributed by atoms with E-state index in [0.29, 0.717) is 19.4 Å². The van der Waals surface area contributed by atoms with Gasteiger partial charge in [0.05, 0.1) is 11.2 Å². The molecule has 3 aromatic rings. The Kier molecular flexibility index (Phi) is 6.33. The van der Waals surface area contributed by atoms with Crippen LogP contribution in [0.1, 0.15) is 43.2 Å². The first-order valence-electron chi connectivity index (χ1n) is 10.6. The summed E-state index contributed by atoms with van der Waals surface area (Å²) in [5.74, 6) is 0.911. The van der Waals surface area contributed by atoms with Gasteiger partial charge in [-0.2, -0.15) is 5.10 Å². The molecule has 6 nitrogen and oxygen atoms in total. The molecule has 1 saturated heterocycles. The zero-order valence-corrected chi connectivity index (χ0v) is 17.7. The lowest BCUT2D eigenvalue weighted by Gasteiger charge is -2.23. The minimum absolute atomic E-state index is 0.0658. The molecule has 1 aromatic heterocycles. The van der Waals surface area contributed by atoms with Crippen molar-refractivity contribution < 1.29 is 14.3 Å². The standard InChI is InChI=1S/C24H29N3O3/c1-26(2)23(28)14-13-21-20-12-11-19(30-17-18-8-4-3-5-9-18)16-22(20)27(25-21)24-10-6-7-15-29-24/h3-5,8-9,11-12,16,24H,6-7,10,13-15,17H2,1-2H3. The normalized spacial score (nSPS) is 16.5. The number of aryl methyl sites for hydroxylation is 1. The van der Waals surface area contributed by atoms with E-state index in [2.05, 4.69) is 18.2 Å². The summed E-state index contributed by atoms with van der Waals surface area (Å²) in [6.07, 6.45) is 4.15. The van der Waals surface area contributed by atoms with Crippen LogP contribution in [0, 0.1) is 0 Å². The molecule has 0 spiro atoms. The zero-order valence-electron chi connectivity index (χ0n) is 17.7. The van der Waals surface area contributed by atoms with Crippen molar-refractivity contribution in [2.75, 3.05) is 20.7 Å². The Morgan fingerprint density at radius 3 is 2.77 bits per heavy atom. The molecule has 6 heteroatoms. The lowest BCUT2D eigenvalue weighted by atomic mass is 10.1. The average Bonchev–Trinajstić information content (AvgIpc) is 3.15. The third-order valence-electron chi connectivity index (χ3n) is 5.51. The van der Waals surface area contributed by atoms with Crippen LogP contribution in [-0.4, -0.2) is 41.3 Å². The van der Waals surface area contributed by atoms with Gasteiger partial charge < -0.3 is 14.4 Å². The number of hydrogen-bond acceptors (Lipinski definition) is 4. The van der Waals surface area contributed by atoms with E-state index in [1.807, 2.05) is 35.0 Å². The first kappa shape index (κ1) is 20.4. The summed E-state index contributed by atoms with van der Waals surface area (Å²) in [5.41, 5.74) is 3.06. The van der Waals surface area contributed by atoms with Gasteiger partial charge in [-0.25, -0.2) is 4.68 Å². The summed E-state index contributed by atoms with van der Waals surface area (Å²) >= 11 is 0. The fraction of sp³-hybridized carbons (Fsp3) is 0.417. The van der Waals surface area contributed by atoms with E-state index in [0.717, 1.165) is 53.8 Å². The Bertz CT molecular complexity index is 992. The predicted molar refractivity (Wildman–Crippen MR) is 116 cm³/mol. The topological polar surface area (TPSA) is 56.6 Å². The van der Waals surface area contributed by atoms with E-state index in [1.54, 1.807) is 19.0 Å². The smallest absolute Gasteiger partial charge is 0.222 e. The first-order valence-corrected chi connectivity index (χ1v) is 10.6. The van der Waals surface area contributed by atoms with Crippen LogP contribution in [0.3, 0.4) is 0 Å². The van der Waals surface area contributed by atoms with Crippen LogP contribution >= 0.6 is 0 Å². The number of nitrogens with zero attached hydrogens (tertiary/aromatic N) is 3. The molecule has 0 aliphatic carbocycles. The van der Waals surface area contributed by atoms with Crippen molar-refractivity contribution in [1.29, 1.82) is 0 Å². The third kappa shape index (κ3) is 4.65. The van der Waals surface area contributed by atoms with E-state index >= 15 is 0 Å². The highest BCUT2D eigenvalue weighted by atomic mass is 16.5. The number of ether oxygens (including phenoxy) is 2. The predicted octanol–water partition coefficient (Wildman–Crippen LogP) is 4.34. The van der Waals surface area contributed by atoms with E-state index in [4.69, 9.17) is 14.6 Å². The molecule has 0 radical (unpaired) electrons. The van der Waals surface area contributed by atoms with Gasteiger partial charge in [-0.15, -0.1) is 0 Å². The molecule has 1 amide bonds.